The van der Waals surface area contributed by atoms with Crippen LogP contribution < -0.4 is 5.32 Å². The second kappa shape index (κ2) is 6.24. The Balaban J connectivity index is 4.42. The molecule has 2 N–H and O–H groups in total. The normalized spacial score (nSPS) is 15.1. The number of halogens is 1. The molecule has 0 saturated carbocycles. The third kappa shape index (κ3) is 6.11. The predicted octanol–water partition coefficient (Wildman–Crippen LogP) is 1.72. The largest absolute Gasteiger partial charge is 0.480 e. The number of hydrogen-bond acceptors (Lipinski definition) is 4. The van der Waals surface area contributed by atoms with E-state index in [1.54, 1.807) is 50.7 Å². The van der Waals surface area contributed by atoms with E-state index in [1.165, 1.54) is 0 Å². The van der Waals surface area contributed by atoms with E-state index in [2.05, 4.69) is 5.32 Å². The number of rotatable bonds is 4. The molecule has 0 aromatic heterocycles. The molecule has 0 unspecified atom stereocenters. The highest BCUT2D eigenvalue weighted by Crippen LogP contribution is 2.09. The van der Waals surface area contributed by atoms with Crippen molar-refractivity contribution in [1.29, 1.82) is 0 Å². The van der Waals surface area contributed by atoms with Crippen molar-refractivity contribution in [2.24, 2.45) is 0 Å². The van der Waals surface area contributed by atoms with Crippen LogP contribution in [0.4, 0.5) is 4.79 Å². The smallest absolute Gasteiger partial charge is 0.408 e. The number of hydrogen-bond donors (Lipinski definition) is 2. The van der Waals surface area contributed by atoms with E-state index in [9.17, 15) is 9.59 Å². The topological polar surface area (TPSA) is 84.9 Å². The number of ether oxygens (including phenoxy) is 1. The Bertz CT molecular complexity index is 263. The van der Waals surface area contributed by atoms with Gasteiger partial charge in [-0.15, -0.1) is 0 Å². The Morgan fingerprint density at radius 3 is 2.19 bits per heavy atom. The molecule has 0 heterocycles. The summed E-state index contributed by atoms with van der Waals surface area (Å²) in [6, 6.07) is -1.13. The number of nitrogens with one attached hydrogen (secondary N) is 1. The minimum absolute atomic E-state index is 0.648. The number of carboxylic acids is 1. The van der Waals surface area contributed by atoms with Gasteiger partial charge in [0.25, 0.3) is 0 Å². The van der Waals surface area contributed by atoms with Crippen LogP contribution in [0, 0.1) is 0 Å². The summed E-state index contributed by atoms with van der Waals surface area (Å²) < 4.78 is 9.77. The van der Waals surface area contributed by atoms with Gasteiger partial charge in [-0.25, -0.2) is 9.59 Å². The van der Waals surface area contributed by atoms with Gasteiger partial charge in [0.15, 0.2) is 6.04 Å². The third-order valence-corrected chi connectivity index (χ3v) is 2.35. The molecule has 0 aromatic carbocycles. The Labute approximate surface area is 108 Å². The first kappa shape index (κ1) is 15.4. The summed E-state index contributed by atoms with van der Waals surface area (Å²) in [6.07, 6.45) is -1.43. The second-order valence-electron chi connectivity index (χ2n) is 4.26. The summed E-state index contributed by atoms with van der Waals surface area (Å²) in [5, 5.41) is 11.1. The summed E-state index contributed by atoms with van der Waals surface area (Å²) in [6.45, 7) is 6.63. The highest BCUT2D eigenvalue weighted by molar-refractivity contribution is 14.1. The lowest BCUT2D eigenvalue weighted by atomic mass is 10.2. The molecular weight excluding hydrogens is 329 g/mol. The highest BCUT2D eigenvalue weighted by Gasteiger charge is 2.29. The zero-order valence-corrected chi connectivity index (χ0v) is 11.8. The van der Waals surface area contributed by atoms with E-state index in [4.69, 9.17) is 12.9 Å². The molecule has 7 heteroatoms. The molecule has 6 nitrogen and oxygen atoms in total. The van der Waals surface area contributed by atoms with Crippen molar-refractivity contribution in [3.05, 3.63) is 0 Å². The first-order valence-electron chi connectivity index (χ1n) is 4.67. The van der Waals surface area contributed by atoms with Crippen molar-refractivity contribution >= 4 is 35.1 Å². The first-order valence-corrected chi connectivity index (χ1v) is 5.55. The minimum Gasteiger partial charge on any atom is -0.480 e. The van der Waals surface area contributed by atoms with Crippen molar-refractivity contribution in [3.8, 4) is 0 Å². The maximum atomic E-state index is 11.3. The van der Waals surface area contributed by atoms with Crippen LogP contribution in [0.15, 0.2) is 0 Å². The zero-order valence-electron chi connectivity index (χ0n) is 9.61. The molecule has 0 spiro atoms. The van der Waals surface area contributed by atoms with E-state index in [-0.39, 0.29) is 0 Å². The van der Waals surface area contributed by atoms with Crippen LogP contribution in [-0.2, 0) is 12.6 Å². The fourth-order valence-electron chi connectivity index (χ4n) is 0.866. The Morgan fingerprint density at radius 1 is 1.38 bits per heavy atom. The summed E-state index contributed by atoms with van der Waals surface area (Å²) in [4.78, 5) is 22.2. The average Bonchev–Trinajstić information content (AvgIpc) is 2.09. The SMILES string of the molecule is C[C@@H](OI)[C@H](NC(=O)OC(C)(C)C)C(=O)O. The number of amides is 1. The van der Waals surface area contributed by atoms with Gasteiger partial charge >= 0.3 is 12.1 Å². The van der Waals surface area contributed by atoms with Crippen LogP contribution in [0.25, 0.3) is 0 Å². The van der Waals surface area contributed by atoms with Gasteiger partial charge in [-0.3, -0.25) is 0 Å². The lowest BCUT2D eigenvalue weighted by Crippen LogP contribution is -2.49. The second-order valence-corrected chi connectivity index (χ2v) is 4.76. The standard InChI is InChI=1S/C9H16INO5/c1-5(16-10)6(7(12)13)11-8(14)15-9(2,3)4/h5-6H,1-4H3,(H,11,14)(H,12,13)/t5-,6+/m1/s1. The first-order chi connectivity index (χ1) is 7.17. The number of carboxylic acid groups (broad SMARTS) is 1. The maximum absolute atomic E-state index is 11.3. The minimum atomic E-state index is -1.17. The lowest BCUT2D eigenvalue weighted by Gasteiger charge is -2.23. The van der Waals surface area contributed by atoms with Crippen LogP contribution in [0.1, 0.15) is 27.7 Å². The van der Waals surface area contributed by atoms with E-state index in [0.29, 0.717) is 0 Å². The van der Waals surface area contributed by atoms with E-state index in [0.717, 1.165) is 0 Å². The van der Waals surface area contributed by atoms with Gasteiger partial charge in [-0.1, -0.05) is 0 Å². The Kier molecular flexibility index (Phi) is 6.01. The number of carbonyl (C=O) groups excluding carboxylic acids is 1. The quantitative estimate of drug-likeness (QED) is 0.758. The molecule has 0 aromatic rings. The van der Waals surface area contributed by atoms with Crippen LogP contribution in [0.5, 0.6) is 0 Å². The predicted molar refractivity (Wildman–Crippen MR) is 65.4 cm³/mol. The van der Waals surface area contributed by atoms with Crippen LogP contribution in [0.3, 0.4) is 0 Å². The maximum Gasteiger partial charge on any atom is 0.408 e. The number of carbonyl (C=O) groups is 2. The van der Waals surface area contributed by atoms with Crippen molar-refractivity contribution in [2.45, 2.75) is 45.4 Å². The van der Waals surface area contributed by atoms with Gasteiger partial charge in [0.2, 0.25) is 0 Å². The molecule has 0 aliphatic heterocycles. The van der Waals surface area contributed by atoms with Crippen LogP contribution in [-0.4, -0.2) is 34.9 Å². The van der Waals surface area contributed by atoms with Crippen molar-refractivity contribution in [2.75, 3.05) is 0 Å². The summed E-state index contributed by atoms with van der Waals surface area (Å²) in [5.41, 5.74) is -0.665. The number of aliphatic carboxylic acids is 1. The molecule has 0 aliphatic rings. The molecule has 94 valence electrons. The summed E-state index contributed by atoms with van der Waals surface area (Å²) in [7, 11) is 0. The molecule has 2 atom stereocenters. The summed E-state index contributed by atoms with van der Waals surface area (Å²) in [5.74, 6) is -1.17. The molecule has 0 rings (SSSR count). The molecular formula is C9H16INO5. The molecule has 0 aliphatic carbocycles. The van der Waals surface area contributed by atoms with Gasteiger partial charge in [0, 0.05) is 0 Å². The van der Waals surface area contributed by atoms with E-state index in [1.807, 2.05) is 0 Å². The molecule has 1 amide bonds. The lowest BCUT2D eigenvalue weighted by molar-refractivity contribution is -0.141. The van der Waals surface area contributed by atoms with Crippen LogP contribution in [0.2, 0.25) is 0 Å². The van der Waals surface area contributed by atoms with Gasteiger partial charge in [0.05, 0.1) is 6.10 Å². The molecule has 0 saturated heterocycles. The molecule has 0 bridgehead atoms. The molecule has 0 fully saturated rings. The Morgan fingerprint density at radius 2 is 1.88 bits per heavy atom. The fourth-order valence-corrected chi connectivity index (χ4v) is 1.16. The fraction of sp³-hybridized carbons (Fsp3) is 0.778. The monoisotopic (exact) mass is 345 g/mol. The Hall–Kier alpha value is -0.570. The van der Waals surface area contributed by atoms with Gasteiger partial charge in [-0.2, -0.15) is 0 Å². The van der Waals surface area contributed by atoms with Crippen LogP contribution >= 0.6 is 23.0 Å². The molecule has 16 heavy (non-hydrogen) atoms. The van der Waals surface area contributed by atoms with Gasteiger partial charge in [0.1, 0.15) is 28.6 Å². The van der Waals surface area contributed by atoms with Crippen molar-refractivity contribution in [1.82, 2.24) is 5.32 Å². The van der Waals surface area contributed by atoms with Gasteiger partial charge < -0.3 is 18.2 Å². The highest BCUT2D eigenvalue weighted by atomic mass is 127. The average molecular weight is 345 g/mol. The summed E-state index contributed by atoms with van der Waals surface area (Å²) >= 11 is 1.58. The van der Waals surface area contributed by atoms with E-state index >= 15 is 0 Å². The zero-order chi connectivity index (χ0) is 12.9. The number of alkyl carbamates (subject to hydrolysis) is 1. The third-order valence-electron chi connectivity index (χ3n) is 1.55. The molecule has 0 radical (unpaired) electrons. The van der Waals surface area contributed by atoms with Crippen molar-refractivity contribution in [3.63, 3.8) is 0 Å². The van der Waals surface area contributed by atoms with Crippen molar-refractivity contribution < 1.29 is 22.5 Å². The van der Waals surface area contributed by atoms with Gasteiger partial charge in [-0.05, 0) is 27.7 Å². The van der Waals surface area contributed by atoms with E-state index < -0.39 is 29.8 Å².